The van der Waals surface area contributed by atoms with Gasteiger partial charge in [-0.3, -0.25) is 9.59 Å². The lowest BCUT2D eigenvalue weighted by Gasteiger charge is -2.15. The Labute approximate surface area is 186 Å². The number of nitrogens with zero attached hydrogens (tertiary/aromatic N) is 2. The molecular formula is C24H25ClN4O2. The molecule has 6 nitrogen and oxygen atoms in total. The molecule has 0 radical (unpaired) electrons. The summed E-state index contributed by atoms with van der Waals surface area (Å²) in [6.07, 6.45) is 4.19. The molecule has 7 heteroatoms. The molecule has 1 unspecified atom stereocenters. The molecule has 1 atom stereocenters. The maximum atomic E-state index is 13.0. The summed E-state index contributed by atoms with van der Waals surface area (Å²) in [4.78, 5) is 24.9. The van der Waals surface area contributed by atoms with Gasteiger partial charge in [0, 0.05) is 16.6 Å². The number of aromatic nitrogens is 2. The predicted molar refractivity (Wildman–Crippen MR) is 122 cm³/mol. The van der Waals surface area contributed by atoms with Crippen molar-refractivity contribution in [3.05, 3.63) is 76.6 Å². The summed E-state index contributed by atoms with van der Waals surface area (Å²) in [5.41, 5.74) is 3.92. The third kappa shape index (κ3) is 4.80. The van der Waals surface area contributed by atoms with Crippen LogP contribution in [-0.2, 0) is 11.2 Å². The van der Waals surface area contributed by atoms with Crippen LogP contribution < -0.4 is 10.6 Å². The Morgan fingerprint density at radius 1 is 1.19 bits per heavy atom. The Balaban J connectivity index is 1.46. The van der Waals surface area contributed by atoms with E-state index in [9.17, 15) is 9.59 Å². The molecule has 0 bridgehead atoms. The van der Waals surface area contributed by atoms with Crippen LogP contribution in [0.25, 0.3) is 5.69 Å². The normalized spacial score (nSPS) is 14.2. The number of halogens is 1. The maximum absolute atomic E-state index is 13.0. The fourth-order valence-corrected chi connectivity index (χ4v) is 3.72. The number of benzene rings is 2. The highest BCUT2D eigenvalue weighted by molar-refractivity contribution is 6.30. The van der Waals surface area contributed by atoms with Crippen LogP contribution >= 0.6 is 11.6 Å². The van der Waals surface area contributed by atoms with Gasteiger partial charge >= 0.3 is 0 Å². The van der Waals surface area contributed by atoms with Crippen LogP contribution in [0.4, 0.5) is 5.69 Å². The number of anilines is 1. The number of hydrogen-bond acceptors (Lipinski definition) is 3. The van der Waals surface area contributed by atoms with Crippen molar-refractivity contribution in [2.45, 2.75) is 39.2 Å². The summed E-state index contributed by atoms with van der Waals surface area (Å²) in [6, 6.07) is 14.8. The molecule has 1 heterocycles. The maximum Gasteiger partial charge on any atom is 0.255 e. The molecule has 0 spiro atoms. The fourth-order valence-electron chi connectivity index (χ4n) is 3.54. The van der Waals surface area contributed by atoms with Crippen LogP contribution in [0.5, 0.6) is 0 Å². The highest BCUT2D eigenvalue weighted by Crippen LogP contribution is 2.30. The third-order valence-corrected chi connectivity index (χ3v) is 5.71. The molecule has 3 aromatic rings. The number of hydrogen-bond donors (Lipinski definition) is 2. The molecule has 0 saturated heterocycles. The molecule has 31 heavy (non-hydrogen) atoms. The molecule has 1 saturated carbocycles. The summed E-state index contributed by atoms with van der Waals surface area (Å²) >= 11 is 6.11. The minimum Gasteiger partial charge on any atom is -0.345 e. The second kappa shape index (κ2) is 8.94. The van der Waals surface area contributed by atoms with Crippen molar-refractivity contribution in [1.29, 1.82) is 0 Å². The number of rotatable bonds is 7. The van der Waals surface area contributed by atoms with Gasteiger partial charge in [0.15, 0.2) is 0 Å². The van der Waals surface area contributed by atoms with Crippen molar-refractivity contribution in [2.24, 2.45) is 5.92 Å². The van der Waals surface area contributed by atoms with Crippen molar-refractivity contribution in [3.63, 3.8) is 0 Å². The lowest BCUT2D eigenvalue weighted by Crippen LogP contribution is -2.27. The summed E-state index contributed by atoms with van der Waals surface area (Å²) in [5, 5.41) is 11.0. The van der Waals surface area contributed by atoms with Crippen molar-refractivity contribution in [3.8, 4) is 5.69 Å². The summed E-state index contributed by atoms with van der Waals surface area (Å²) in [6.45, 7) is 3.93. The second-order valence-corrected chi connectivity index (χ2v) is 8.27. The quantitative estimate of drug-likeness (QED) is 0.551. The molecule has 1 aliphatic rings. The van der Waals surface area contributed by atoms with Gasteiger partial charge in [-0.1, -0.05) is 36.7 Å². The molecule has 4 rings (SSSR count). The van der Waals surface area contributed by atoms with Gasteiger partial charge in [0.2, 0.25) is 5.91 Å². The van der Waals surface area contributed by atoms with Crippen LogP contribution in [0.15, 0.2) is 54.7 Å². The van der Waals surface area contributed by atoms with E-state index in [1.165, 1.54) is 0 Å². The van der Waals surface area contributed by atoms with E-state index in [2.05, 4.69) is 15.7 Å². The zero-order valence-electron chi connectivity index (χ0n) is 17.6. The molecule has 1 aliphatic carbocycles. The third-order valence-electron chi connectivity index (χ3n) is 5.48. The molecule has 160 valence electrons. The van der Waals surface area contributed by atoms with Gasteiger partial charge in [0.25, 0.3) is 5.91 Å². The van der Waals surface area contributed by atoms with Gasteiger partial charge in [-0.2, -0.15) is 5.10 Å². The lowest BCUT2D eigenvalue weighted by atomic mass is 10.1. The standard InChI is InChI=1S/C24H25ClN4O2/c1-3-22-21(14-26-29(22)20-6-4-5-18(25)13-20)24(31)27-15(2)16-9-11-19(12-10-16)28-23(30)17-7-8-17/h4-6,9-15,17H,3,7-8H2,1-2H3,(H,27,31)(H,28,30). The first kappa shape index (κ1) is 21.1. The molecule has 0 aliphatic heterocycles. The Hall–Kier alpha value is -3.12. The first-order valence-corrected chi connectivity index (χ1v) is 10.9. The Kier molecular flexibility index (Phi) is 6.09. The van der Waals surface area contributed by atoms with Gasteiger partial charge in [-0.25, -0.2) is 4.68 Å². The van der Waals surface area contributed by atoms with E-state index in [0.29, 0.717) is 17.0 Å². The van der Waals surface area contributed by atoms with E-state index in [4.69, 9.17) is 11.6 Å². The van der Waals surface area contributed by atoms with E-state index >= 15 is 0 Å². The van der Waals surface area contributed by atoms with Crippen LogP contribution in [0, 0.1) is 5.92 Å². The molecular weight excluding hydrogens is 412 g/mol. The lowest BCUT2D eigenvalue weighted by molar-refractivity contribution is -0.117. The van der Waals surface area contributed by atoms with E-state index in [1.807, 2.05) is 56.3 Å². The molecule has 2 amide bonds. The van der Waals surface area contributed by atoms with Crippen molar-refractivity contribution in [2.75, 3.05) is 5.32 Å². The van der Waals surface area contributed by atoms with E-state index in [1.54, 1.807) is 16.9 Å². The van der Waals surface area contributed by atoms with Gasteiger partial charge < -0.3 is 10.6 Å². The van der Waals surface area contributed by atoms with Crippen LogP contribution in [0.2, 0.25) is 5.02 Å². The van der Waals surface area contributed by atoms with E-state index < -0.39 is 0 Å². The van der Waals surface area contributed by atoms with Gasteiger partial charge in [0.1, 0.15) is 0 Å². The molecule has 2 aromatic carbocycles. The Bertz CT molecular complexity index is 1100. The summed E-state index contributed by atoms with van der Waals surface area (Å²) < 4.78 is 1.75. The SMILES string of the molecule is CCc1c(C(=O)NC(C)c2ccc(NC(=O)C3CC3)cc2)cnn1-c1cccc(Cl)c1. The molecule has 1 aromatic heterocycles. The average Bonchev–Trinajstić information content (AvgIpc) is 3.52. The van der Waals surface area contributed by atoms with Crippen LogP contribution in [-0.4, -0.2) is 21.6 Å². The number of nitrogens with one attached hydrogen (secondary N) is 2. The van der Waals surface area contributed by atoms with E-state index in [0.717, 1.165) is 35.5 Å². The van der Waals surface area contributed by atoms with Crippen molar-refractivity contribution in [1.82, 2.24) is 15.1 Å². The highest BCUT2D eigenvalue weighted by Gasteiger charge is 2.29. The fraction of sp³-hybridized carbons (Fsp3) is 0.292. The van der Waals surface area contributed by atoms with Crippen LogP contribution in [0.1, 0.15) is 54.3 Å². The number of amides is 2. The van der Waals surface area contributed by atoms with Crippen LogP contribution in [0.3, 0.4) is 0 Å². The number of carbonyl (C=O) groups is 2. The molecule has 1 fully saturated rings. The summed E-state index contributed by atoms with van der Waals surface area (Å²) in [7, 11) is 0. The Morgan fingerprint density at radius 3 is 2.58 bits per heavy atom. The highest BCUT2D eigenvalue weighted by atomic mass is 35.5. The van der Waals surface area contributed by atoms with Crippen molar-refractivity contribution >= 4 is 29.1 Å². The first-order chi connectivity index (χ1) is 15.0. The monoisotopic (exact) mass is 436 g/mol. The number of carbonyl (C=O) groups excluding carboxylic acids is 2. The minimum absolute atomic E-state index is 0.0814. The second-order valence-electron chi connectivity index (χ2n) is 7.83. The van der Waals surface area contributed by atoms with Gasteiger partial charge in [-0.15, -0.1) is 0 Å². The van der Waals surface area contributed by atoms with Gasteiger partial charge in [-0.05, 0) is 62.1 Å². The predicted octanol–water partition coefficient (Wildman–Crippen LogP) is 4.93. The largest absolute Gasteiger partial charge is 0.345 e. The smallest absolute Gasteiger partial charge is 0.255 e. The Morgan fingerprint density at radius 2 is 1.94 bits per heavy atom. The summed E-state index contributed by atoms with van der Waals surface area (Å²) in [5.74, 6) is 0.0696. The molecule has 2 N–H and O–H groups in total. The minimum atomic E-state index is -0.195. The zero-order chi connectivity index (χ0) is 22.0. The topological polar surface area (TPSA) is 76.0 Å². The zero-order valence-corrected chi connectivity index (χ0v) is 18.3. The average molecular weight is 437 g/mol. The van der Waals surface area contributed by atoms with E-state index in [-0.39, 0.29) is 23.8 Å². The van der Waals surface area contributed by atoms with Crippen molar-refractivity contribution < 1.29 is 9.59 Å². The first-order valence-electron chi connectivity index (χ1n) is 10.5. The van der Waals surface area contributed by atoms with Gasteiger partial charge in [0.05, 0.1) is 29.2 Å².